The summed E-state index contributed by atoms with van der Waals surface area (Å²) >= 11 is 1.31. The van der Waals surface area contributed by atoms with Crippen LogP contribution in [-0.4, -0.2) is 35.7 Å². The number of nitrogens with one attached hydrogen (secondary N) is 1. The van der Waals surface area contributed by atoms with Crippen molar-refractivity contribution in [2.45, 2.75) is 19.0 Å². The number of para-hydroxylation sites is 2. The lowest BCUT2D eigenvalue weighted by atomic mass is 10.1. The molecule has 0 radical (unpaired) electrons. The molecule has 0 aliphatic heterocycles. The number of aryl methyl sites for hydroxylation is 2. The van der Waals surface area contributed by atoms with Gasteiger partial charge in [0, 0.05) is 22.7 Å². The van der Waals surface area contributed by atoms with Crippen molar-refractivity contribution >= 4 is 45.1 Å². The van der Waals surface area contributed by atoms with Gasteiger partial charge in [0.1, 0.15) is 0 Å². The van der Waals surface area contributed by atoms with Gasteiger partial charge in [-0.05, 0) is 43.7 Å². The summed E-state index contributed by atoms with van der Waals surface area (Å²) in [5.41, 5.74) is 4.98. The molecule has 0 saturated heterocycles. The van der Waals surface area contributed by atoms with E-state index in [0.29, 0.717) is 27.4 Å². The minimum Gasteiger partial charge on any atom is -0.360 e. The largest absolute Gasteiger partial charge is 0.360 e. The lowest BCUT2D eigenvalue weighted by Gasteiger charge is -2.13. The Morgan fingerprint density at radius 2 is 1.74 bits per heavy atom. The monoisotopic (exact) mass is 479 g/mol. The summed E-state index contributed by atoms with van der Waals surface area (Å²) in [6.45, 7) is 4.00. The van der Waals surface area contributed by atoms with Gasteiger partial charge in [0.05, 0.1) is 22.3 Å². The van der Waals surface area contributed by atoms with Crippen molar-refractivity contribution in [2.75, 3.05) is 5.75 Å². The minimum atomic E-state index is -0.154. The molecule has 0 saturated carbocycles. The molecule has 0 aliphatic rings. The smallest absolute Gasteiger partial charge is 0.267 e. The van der Waals surface area contributed by atoms with Crippen molar-refractivity contribution in [1.82, 2.24) is 24.1 Å². The molecule has 0 spiro atoms. The van der Waals surface area contributed by atoms with Gasteiger partial charge in [-0.3, -0.25) is 14.0 Å². The molecule has 3 aromatic heterocycles. The number of hydrogen-bond acceptors (Lipinski definition) is 5. The Kier molecular flexibility index (Phi) is 5.04. The first-order chi connectivity index (χ1) is 17.0. The van der Waals surface area contributed by atoms with Gasteiger partial charge in [0.15, 0.2) is 10.9 Å². The number of H-pyrrole nitrogens is 1. The number of aromatic amines is 1. The summed E-state index contributed by atoms with van der Waals surface area (Å²) < 4.78 is 3.47. The average Bonchev–Trinajstić information content (AvgIpc) is 3.48. The number of fused-ring (bicyclic) bond motifs is 4. The predicted molar refractivity (Wildman–Crippen MR) is 139 cm³/mol. The van der Waals surface area contributed by atoms with Crippen LogP contribution in [0.3, 0.4) is 0 Å². The molecule has 0 bridgehead atoms. The van der Waals surface area contributed by atoms with E-state index in [2.05, 4.69) is 15.2 Å². The van der Waals surface area contributed by atoms with E-state index < -0.39 is 0 Å². The number of thioether (sulfide) groups is 1. The lowest BCUT2D eigenvalue weighted by molar-refractivity contribution is 0.102. The van der Waals surface area contributed by atoms with Crippen molar-refractivity contribution in [3.05, 3.63) is 100.0 Å². The van der Waals surface area contributed by atoms with Gasteiger partial charge in [-0.2, -0.15) is 0 Å². The maximum Gasteiger partial charge on any atom is 0.267 e. The summed E-state index contributed by atoms with van der Waals surface area (Å²) in [7, 11) is 0. The Morgan fingerprint density at radius 3 is 2.57 bits per heavy atom. The normalized spacial score (nSPS) is 11.6. The SMILES string of the molecule is Cc1ccc(-n2c(=O)c3ccccc3n3c(SCC(=O)c4c[nH]c5ccccc45)nnc23)c(C)c1. The molecule has 172 valence electrons. The number of hydrogen-bond donors (Lipinski definition) is 1. The third-order valence-corrected chi connectivity index (χ3v) is 7.14. The van der Waals surface area contributed by atoms with Gasteiger partial charge in [0.25, 0.3) is 5.56 Å². The topological polar surface area (TPSA) is 85.0 Å². The number of Topliss-reactive ketones (excluding diaryl/α,β-unsaturated/α-hetero) is 1. The number of nitrogens with zero attached hydrogens (tertiary/aromatic N) is 4. The molecule has 0 fully saturated rings. The summed E-state index contributed by atoms with van der Waals surface area (Å²) in [4.78, 5) is 29.8. The molecule has 3 heterocycles. The number of rotatable bonds is 5. The number of carbonyl (C=O) groups excluding carboxylic acids is 1. The van der Waals surface area contributed by atoms with E-state index in [9.17, 15) is 9.59 Å². The zero-order valence-corrected chi connectivity index (χ0v) is 20.0. The van der Waals surface area contributed by atoms with Gasteiger partial charge in [-0.15, -0.1) is 10.2 Å². The molecule has 8 heteroatoms. The van der Waals surface area contributed by atoms with Crippen LogP contribution in [-0.2, 0) is 0 Å². The molecular weight excluding hydrogens is 458 g/mol. The third-order valence-electron chi connectivity index (χ3n) is 6.21. The quantitative estimate of drug-likeness (QED) is 0.274. The molecule has 0 aliphatic carbocycles. The lowest BCUT2D eigenvalue weighted by Crippen LogP contribution is -2.22. The van der Waals surface area contributed by atoms with Crippen LogP contribution in [0.2, 0.25) is 0 Å². The Morgan fingerprint density at radius 1 is 0.971 bits per heavy atom. The number of ketones is 1. The van der Waals surface area contributed by atoms with E-state index in [-0.39, 0.29) is 17.1 Å². The Hall–Kier alpha value is -4.17. The highest BCUT2D eigenvalue weighted by molar-refractivity contribution is 7.99. The van der Waals surface area contributed by atoms with Crippen LogP contribution in [0.5, 0.6) is 0 Å². The molecular formula is C27H21N5O2S. The van der Waals surface area contributed by atoms with Crippen LogP contribution in [0.4, 0.5) is 0 Å². The molecule has 3 aromatic carbocycles. The fourth-order valence-electron chi connectivity index (χ4n) is 4.56. The summed E-state index contributed by atoms with van der Waals surface area (Å²) in [5, 5.41) is 10.8. The standard InChI is InChI=1S/C27H21N5O2S/c1-16-11-12-22(17(2)13-16)31-25(34)19-8-4-6-10-23(19)32-26(31)29-30-27(32)35-15-24(33)20-14-28-21-9-5-3-7-18(20)21/h3-14,28H,15H2,1-2H3. The van der Waals surface area contributed by atoms with E-state index in [1.54, 1.807) is 10.8 Å². The van der Waals surface area contributed by atoms with Crippen molar-refractivity contribution in [2.24, 2.45) is 0 Å². The van der Waals surface area contributed by atoms with E-state index >= 15 is 0 Å². The molecule has 0 atom stereocenters. The highest BCUT2D eigenvalue weighted by atomic mass is 32.2. The molecule has 7 nitrogen and oxygen atoms in total. The van der Waals surface area contributed by atoms with Crippen LogP contribution < -0.4 is 5.56 Å². The van der Waals surface area contributed by atoms with Crippen LogP contribution in [0.25, 0.3) is 33.3 Å². The van der Waals surface area contributed by atoms with E-state index in [1.165, 1.54) is 11.8 Å². The molecule has 1 N–H and O–H groups in total. The van der Waals surface area contributed by atoms with Crippen LogP contribution in [0, 0.1) is 13.8 Å². The third kappa shape index (κ3) is 3.45. The first kappa shape index (κ1) is 21.4. The minimum absolute atomic E-state index is 0.00351. The van der Waals surface area contributed by atoms with E-state index in [4.69, 9.17) is 0 Å². The van der Waals surface area contributed by atoms with E-state index in [0.717, 1.165) is 27.7 Å². The first-order valence-corrected chi connectivity index (χ1v) is 12.2. The Labute approximate surface area is 204 Å². The molecule has 6 rings (SSSR count). The van der Waals surface area contributed by atoms with Crippen LogP contribution >= 0.6 is 11.8 Å². The van der Waals surface area contributed by atoms with Gasteiger partial charge in [-0.1, -0.05) is 59.8 Å². The van der Waals surface area contributed by atoms with Crippen molar-refractivity contribution in [3.8, 4) is 5.69 Å². The fourth-order valence-corrected chi connectivity index (χ4v) is 5.38. The van der Waals surface area contributed by atoms with Crippen molar-refractivity contribution < 1.29 is 4.79 Å². The van der Waals surface area contributed by atoms with Gasteiger partial charge in [-0.25, -0.2) is 4.57 Å². The van der Waals surface area contributed by atoms with Crippen molar-refractivity contribution in [1.29, 1.82) is 0 Å². The highest BCUT2D eigenvalue weighted by Crippen LogP contribution is 2.26. The maximum absolute atomic E-state index is 13.6. The summed E-state index contributed by atoms with van der Waals surface area (Å²) in [6, 6.07) is 21.1. The number of carbonyl (C=O) groups is 1. The van der Waals surface area contributed by atoms with Crippen LogP contribution in [0.15, 0.2) is 82.9 Å². The molecule has 0 unspecified atom stereocenters. The number of benzene rings is 3. The fraction of sp³-hybridized carbons (Fsp3) is 0.111. The summed E-state index contributed by atoms with van der Waals surface area (Å²) in [5.74, 6) is 0.610. The van der Waals surface area contributed by atoms with E-state index in [1.807, 2.05) is 85.0 Å². The Bertz CT molecular complexity index is 1830. The van der Waals surface area contributed by atoms with Gasteiger partial charge < -0.3 is 4.98 Å². The maximum atomic E-state index is 13.6. The van der Waals surface area contributed by atoms with Crippen LogP contribution in [0.1, 0.15) is 21.5 Å². The second-order valence-electron chi connectivity index (χ2n) is 8.53. The highest BCUT2D eigenvalue weighted by Gasteiger charge is 2.20. The Balaban J connectivity index is 1.47. The zero-order chi connectivity index (χ0) is 24.1. The number of aromatic nitrogens is 5. The second kappa shape index (κ2) is 8.25. The van der Waals surface area contributed by atoms with Crippen molar-refractivity contribution in [3.63, 3.8) is 0 Å². The average molecular weight is 480 g/mol. The first-order valence-electron chi connectivity index (χ1n) is 11.2. The molecule has 6 aromatic rings. The molecule has 35 heavy (non-hydrogen) atoms. The predicted octanol–water partition coefficient (Wildman–Crippen LogP) is 5.11. The van der Waals surface area contributed by atoms with Gasteiger partial charge >= 0.3 is 0 Å². The zero-order valence-electron chi connectivity index (χ0n) is 19.1. The van der Waals surface area contributed by atoms with Gasteiger partial charge in [0.2, 0.25) is 5.78 Å². The second-order valence-corrected chi connectivity index (χ2v) is 9.47. The molecule has 0 amide bonds. The summed E-state index contributed by atoms with van der Waals surface area (Å²) in [6.07, 6.45) is 1.75.